The SMILES string of the molecule is Cc1ccc(Sc2c(/C=N/OCc3ccc(Cl)nc3)c(C)nn2-c2ccc(C)cc2)cc1. The van der Waals surface area contributed by atoms with Crippen molar-refractivity contribution in [3.8, 4) is 5.69 Å². The van der Waals surface area contributed by atoms with E-state index in [-0.39, 0.29) is 0 Å². The van der Waals surface area contributed by atoms with Gasteiger partial charge in [-0.1, -0.05) is 70.0 Å². The highest BCUT2D eigenvalue weighted by Gasteiger charge is 2.17. The molecule has 4 aromatic rings. The molecule has 0 aliphatic rings. The van der Waals surface area contributed by atoms with Crippen LogP contribution in [0.5, 0.6) is 0 Å². The first-order chi connectivity index (χ1) is 15.5. The summed E-state index contributed by atoms with van der Waals surface area (Å²) in [6.45, 7) is 6.45. The molecule has 0 unspecified atom stereocenters. The summed E-state index contributed by atoms with van der Waals surface area (Å²) in [4.78, 5) is 10.7. The van der Waals surface area contributed by atoms with E-state index in [1.54, 1.807) is 30.2 Å². The van der Waals surface area contributed by atoms with Gasteiger partial charge in [-0.05, 0) is 51.1 Å². The molecule has 0 saturated heterocycles. The molecule has 0 spiro atoms. The van der Waals surface area contributed by atoms with Crippen molar-refractivity contribution < 1.29 is 4.84 Å². The average Bonchev–Trinajstić information content (AvgIpc) is 3.09. The lowest BCUT2D eigenvalue weighted by Gasteiger charge is -2.09. The molecule has 0 fully saturated rings. The highest BCUT2D eigenvalue weighted by molar-refractivity contribution is 7.99. The van der Waals surface area contributed by atoms with E-state index in [2.05, 4.69) is 72.5 Å². The first-order valence-corrected chi connectivity index (χ1v) is 11.4. The fourth-order valence-corrected chi connectivity index (χ4v) is 4.19. The summed E-state index contributed by atoms with van der Waals surface area (Å²) in [6.07, 6.45) is 3.41. The van der Waals surface area contributed by atoms with Gasteiger partial charge in [0, 0.05) is 16.7 Å². The zero-order valence-corrected chi connectivity index (χ0v) is 19.7. The van der Waals surface area contributed by atoms with E-state index in [9.17, 15) is 0 Å². The molecule has 0 aliphatic heterocycles. The molecular formula is C25H23ClN4OS. The van der Waals surface area contributed by atoms with Gasteiger partial charge in [-0.15, -0.1) is 0 Å². The number of halogens is 1. The molecule has 2 aromatic heterocycles. The molecule has 0 N–H and O–H groups in total. The number of nitrogens with zero attached hydrogens (tertiary/aromatic N) is 4. The summed E-state index contributed by atoms with van der Waals surface area (Å²) in [5, 5.41) is 10.4. The summed E-state index contributed by atoms with van der Waals surface area (Å²) < 4.78 is 1.96. The Balaban J connectivity index is 1.63. The minimum absolute atomic E-state index is 0.312. The number of aromatic nitrogens is 3. The van der Waals surface area contributed by atoms with Gasteiger partial charge < -0.3 is 4.84 Å². The lowest BCUT2D eigenvalue weighted by atomic mass is 10.2. The number of benzene rings is 2. The number of oxime groups is 1. The van der Waals surface area contributed by atoms with Crippen molar-refractivity contribution in [2.75, 3.05) is 0 Å². The van der Waals surface area contributed by atoms with Crippen LogP contribution in [0.3, 0.4) is 0 Å². The highest BCUT2D eigenvalue weighted by Crippen LogP contribution is 2.33. The van der Waals surface area contributed by atoms with E-state index >= 15 is 0 Å². The fraction of sp³-hybridized carbons (Fsp3) is 0.160. The van der Waals surface area contributed by atoms with Gasteiger partial charge >= 0.3 is 0 Å². The zero-order valence-electron chi connectivity index (χ0n) is 18.1. The summed E-state index contributed by atoms with van der Waals surface area (Å²) >= 11 is 7.49. The molecule has 32 heavy (non-hydrogen) atoms. The smallest absolute Gasteiger partial charge is 0.143 e. The normalized spacial score (nSPS) is 11.2. The molecule has 0 radical (unpaired) electrons. The monoisotopic (exact) mass is 462 g/mol. The maximum Gasteiger partial charge on any atom is 0.143 e. The second-order valence-electron chi connectivity index (χ2n) is 7.46. The molecule has 2 aromatic carbocycles. The Morgan fingerprint density at radius 2 is 1.66 bits per heavy atom. The van der Waals surface area contributed by atoms with Crippen LogP contribution in [-0.2, 0) is 11.4 Å². The van der Waals surface area contributed by atoms with Crippen LogP contribution in [0.4, 0.5) is 0 Å². The van der Waals surface area contributed by atoms with E-state index < -0.39 is 0 Å². The van der Waals surface area contributed by atoms with Crippen LogP contribution >= 0.6 is 23.4 Å². The minimum Gasteiger partial charge on any atom is -0.391 e. The maximum absolute atomic E-state index is 5.83. The molecule has 0 aliphatic carbocycles. The zero-order chi connectivity index (χ0) is 22.5. The van der Waals surface area contributed by atoms with Crippen molar-refractivity contribution in [2.24, 2.45) is 5.16 Å². The van der Waals surface area contributed by atoms with Crippen molar-refractivity contribution in [2.45, 2.75) is 37.3 Å². The molecule has 0 atom stereocenters. The van der Waals surface area contributed by atoms with Crippen LogP contribution in [0.25, 0.3) is 5.69 Å². The van der Waals surface area contributed by atoms with E-state index in [1.165, 1.54) is 11.1 Å². The second-order valence-corrected chi connectivity index (χ2v) is 8.91. The quantitative estimate of drug-likeness (QED) is 0.177. The number of aryl methyl sites for hydroxylation is 3. The van der Waals surface area contributed by atoms with Crippen molar-refractivity contribution in [3.05, 3.63) is 100.0 Å². The Bertz CT molecular complexity index is 1220. The lowest BCUT2D eigenvalue weighted by Crippen LogP contribution is -1.99. The van der Waals surface area contributed by atoms with E-state index in [0.29, 0.717) is 11.8 Å². The number of hydrogen-bond acceptors (Lipinski definition) is 5. The van der Waals surface area contributed by atoms with Crippen LogP contribution in [0.2, 0.25) is 5.15 Å². The van der Waals surface area contributed by atoms with Gasteiger partial charge in [0.05, 0.1) is 23.2 Å². The minimum atomic E-state index is 0.312. The van der Waals surface area contributed by atoms with Gasteiger partial charge in [-0.25, -0.2) is 9.67 Å². The Labute approximate surface area is 197 Å². The van der Waals surface area contributed by atoms with Crippen LogP contribution in [0.1, 0.15) is 27.9 Å². The number of hydrogen-bond donors (Lipinski definition) is 0. The van der Waals surface area contributed by atoms with Gasteiger partial charge in [0.25, 0.3) is 0 Å². The van der Waals surface area contributed by atoms with Crippen molar-refractivity contribution in [3.63, 3.8) is 0 Å². The van der Waals surface area contributed by atoms with Gasteiger partial charge in [-0.3, -0.25) is 0 Å². The molecule has 4 rings (SSSR count). The largest absolute Gasteiger partial charge is 0.391 e. The summed E-state index contributed by atoms with van der Waals surface area (Å²) in [6, 6.07) is 20.4. The van der Waals surface area contributed by atoms with Crippen LogP contribution in [0, 0.1) is 20.8 Å². The second kappa shape index (κ2) is 10.0. The standard InChI is InChI=1S/C25H23ClN4OS/c1-17-4-9-21(10-5-17)30-25(32-22-11-6-18(2)7-12-22)23(19(3)29-30)15-28-31-16-20-8-13-24(26)27-14-20/h4-15H,16H2,1-3H3/b28-15+. The third kappa shape index (κ3) is 5.39. The summed E-state index contributed by atoms with van der Waals surface area (Å²) in [7, 11) is 0. The fourth-order valence-electron chi connectivity index (χ4n) is 3.04. The van der Waals surface area contributed by atoms with E-state index in [1.807, 2.05) is 17.7 Å². The Kier molecular flexibility index (Phi) is 6.93. The third-order valence-corrected chi connectivity index (χ3v) is 6.17. The molecule has 162 valence electrons. The summed E-state index contributed by atoms with van der Waals surface area (Å²) in [5.41, 5.74) is 6.13. The Morgan fingerprint density at radius 3 is 2.31 bits per heavy atom. The van der Waals surface area contributed by atoms with E-state index in [0.717, 1.165) is 32.4 Å². The molecule has 5 nitrogen and oxygen atoms in total. The highest BCUT2D eigenvalue weighted by atomic mass is 35.5. The average molecular weight is 463 g/mol. The van der Waals surface area contributed by atoms with Gasteiger partial charge in [0.15, 0.2) is 0 Å². The molecule has 0 saturated carbocycles. The van der Waals surface area contributed by atoms with Gasteiger partial charge in [-0.2, -0.15) is 5.10 Å². The van der Waals surface area contributed by atoms with Crippen molar-refractivity contribution in [1.82, 2.24) is 14.8 Å². The van der Waals surface area contributed by atoms with Crippen molar-refractivity contribution >= 4 is 29.6 Å². The third-order valence-electron chi connectivity index (χ3n) is 4.85. The number of pyridine rings is 1. The molecule has 7 heteroatoms. The first-order valence-electron chi connectivity index (χ1n) is 10.2. The van der Waals surface area contributed by atoms with Gasteiger partial charge in [0.1, 0.15) is 16.8 Å². The van der Waals surface area contributed by atoms with Crippen LogP contribution < -0.4 is 0 Å². The Morgan fingerprint density at radius 1 is 0.969 bits per heavy atom. The summed E-state index contributed by atoms with van der Waals surface area (Å²) in [5.74, 6) is 0. The lowest BCUT2D eigenvalue weighted by molar-refractivity contribution is 0.132. The van der Waals surface area contributed by atoms with E-state index in [4.69, 9.17) is 21.5 Å². The topological polar surface area (TPSA) is 52.3 Å². The van der Waals surface area contributed by atoms with Gasteiger partial charge in [0.2, 0.25) is 0 Å². The predicted molar refractivity (Wildman–Crippen MR) is 130 cm³/mol. The van der Waals surface area contributed by atoms with Crippen molar-refractivity contribution in [1.29, 1.82) is 0 Å². The number of rotatable bonds is 7. The molecule has 2 heterocycles. The molecule has 0 amide bonds. The van der Waals surface area contributed by atoms with Crippen LogP contribution in [0.15, 0.2) is 81.9 Å². The maximum atomic E-state index is 5.83. The Hall–Kier alpha value is -3.09. The van der Waals surface area contributed by atoms with Crippen LogP contribution in [-0.4, -0.2) is 21.0 Å². The molecule has 0 bridgehead atoms. The first kappa shape index (κ1) is 22.1. The predicted octanol–water partition coefficient (Wildman–Crippen LogP) is 6.55. The molecular weight excluding hydrogens is 440 g/mol.